The number of amides is 1. The molecule has 2 aromatic rings. The molecule has 6 nitrogen and oxygen atoms in total. The van der Waals surface area contributed by atoms with Crippen LogP contribution in [0.3, 0.4) is 0 Å². The first kappa shape index (κ1) is 16.7. The second kappa shape index (κ2) is 7.59. The number of hydrogen-bond donors (Lipinski definition) is 1. The smallest absolute Gasteiger partial charge is 0.241 e. The largest absolute Gasteiger partial charge is 0.353 e. The molecule has 0 radical (unpaired) electrons. The monoisotopic (exact) mass is 345 g/mol. The van der Waals surface area contributed by atoms with E-state index in [0.29, 0.717) is 5.02 Å². The maximum Gasteiger partial charge on any atom is 0.241 e. The Hall–Kier alpha value is -2.18. The van der Waals surface area contributed by atoms with Gasteiger partial charge in [-0.05, 0) is 25.1 Å². The standard InChI is InChI=1S/C17H20ClN5O/c1-13(17(24)21-15-4-2-3-14(18)11-15)22-7-9-23(10-8-22)16-12-19-5-6-20-16/h2-6,11-13H,7-10H2,1H3,(H,21,24). The second-order valence-electron chi connectivity index (χ2n) is 5.76. The van der Waals surface area contributed by atoms with E-state index < -0.39 is 0 Å². The number of benzene rings is 1. The van der Waals surface area contributed by atoms with E-state index in [2.05, 4.69) is 25.1 Å². The lowest BCUT2D eigenvalue weighted by molar-refractivity contribution is -0.120. The van der Waals surface area contributed by atoms with Crippen molar-refractivity contribution in [1.82, 2.24) is 14.9 Å². The number of nitrogens with zero attached hydrogens (tertiary/aromatic N) is 4. The molecule has 1 aliphatic rings. The number of aromatic nitrogens is 2. The Morgan fingerprint density at radius 3 is 2.71 bits per heavy atom. The summed E-state index contributed by atoms with van der Waals surface area (Å²) in [5.74, 6) is 0.860. The fourth-order valence-electron chi connectivity index (χ4n) is 2.77. The van der Waals surface area contributed by atoms with Crippen LogP contribution in [-0.4, -0.2) is 53.0 Å². The Morgan fingerprint density at radius 2 is 2.04 bits per heavy atom. The number of anilines is 2. The minimum absolute atomic E-state index is 0.0229. The zero-order chi connectivity index (χ0) is 16.9. The Morgan fingerprint density at radius 1 is 1.25 bits per heavy atom. The molecule has 0 saturated carbocycles. The van der Waals surface area contributed by atoms with Crippen LogP contribution in [0.1, 0.15) is 6.92 Å². The average Bonchev–Trinajstić information content (AvgIpc) is 2.62. The molecule has 1 aromatic heterocycles. The summed E-state index contributed by atoms with van der Waals surface area (Å²) in [4.78, 5) is 25.2. The number of carbonyl (C=O) groups excluding carboxylic acids is 1. The number of carbonyl (C=O) groups is 1. The summed E-state index contributed by atoms with van der Waals surface area (Å²) in [6.45, 7) is 5.19. The highest BCUT2D eigenvalue weighted by Gasteiger charge is 2.26. The first-order valence-electron chi connectivity index (χ1n) is 7.95. The molecule has 0 spiro atoms. The summed E-state index contributed by atoms with van der Waals surface area (Å²) < 4.78 is 0. The summed E-state index contributed by atoms with van der Waals surface area (Å²) in [6, 6.07) is 6.99. The minimum Gasteiger partial charge on any atom is -0.353 e. The van der Waals surface area contributed by atoms with Crippen LogP contribution in [0.25, 0.3) is 0 Å². The van der Waals surface area contributed by atoms with Crippen LogP contribution in [-0.2, 0) is 4.79 Å². The molecule has 1 saturated heterocycles. The van der Waals surface area contributed by atoms with Crippen molar-refractivity contribution >= 4 is 29.0 Å². The van der Waals surface area contributed by atoms with Crippen molar-refractivity contribution in [2.75, 3.05) is 36.4 Å². The van der Waals surface area contributed by atoms with Gasteiger partial charge in [0.05, 0.1) is 12.2 Å². The van der Waals surface area contributed by atoms with Gasteiger partial charge >= 0.3 is 0 Å². The molecule has 126 valence electrons. The van der Waals surface area contributed by atoms with Crippen molar-refractivity contribution < 1.29 is 4.79 Å². The maximum absolute atomic E-state index is 12.4. The van der Waals surface area contributed by atoms with Crippen LogP contribution in [0.4, 0.5) is 11.5 Å². The molecular formula is C17H20ClN5O. The number of piperazine rings is 1. The first-order chi connectivity index (χ1) is 11.6. The lowest BCUT2D eigenvalue weighted by atomic mass is 10.2. The van der Waals surface area contributed by atoms with Gasteiger partial charge < -0.3 is 10.2 Å². The highest BCUT2D eigenvalue weighted by molar-refractivity contribution is 6.30. The number of halogens is 1. The van der Waals surface area contributed by atoms with Gasteiger partial charge in [0.1, 0.15) is 5.82 Å². The minimum atomic E-state index is -0.201. The molecule has 1 N–H and O–H groups in total. The van der Waals surface area contributed by atoms with Gasteiger partial charge in [0.25, 0.3) is 0 Å². The van der Waals surface area contributed by atoms with Crippen LogP contribution in [0.15, 0.2) is 42.9 Å². The predicted octanol–water partition coefficient (Wildman–Crippen LogP) is 2.28. The molecule has 0 bridgehead atoms. The number of nitrogens with one attached hydrogen (secondary N) is 1. The van der Waals surface area contributed by atoms with E-state index in [-0.39, 0.29) is 11.9 Å². The van der Waals surface area contributed by atoms with Crippen LogP contribution < -0.4 is 10.2 Å². The predicted molar refractivity (Wildman–Crippen MR) is 95.4 cm³/mol. The van der Waals surface area contributed by atoms with Gasteiger partial charge in [-0.3, -0.25) is 14.7 Å². The van der Waals surface area contributed by atoms with Crippen molar-refractivity contribution in [3.05, 3.63) is 47.9 Å². The topological polar surface area (TPSA) is 61.4 Å². The van der Waals surface area contributed by atoms with E-state index in [0.717, 1.165) is 37.7 Å². The summed E-state index contributed by atoms with van der Waals surface area (Å²) >= 11 is 5.95. The van der Waals surface area contributed by atoms with Crippen molar-refractivity contribution in [3.8, 4) is 0 Å². The van der Waals surface area contributed by atoms with Crippen LogP contribution in [0.5, 0.6) is 0 Å². The summed E-state index contributed by atoms with van der Waals surface area (Å²) in [7, 11) is 0. The molecule has 1 fully saturated rings. The first-order valence-corrected chi connectivity index (χ1v) is 8.33. The molecular weight excluding hydrogens is 326 g/mol. The maximum atomic E-state index is 12.4. The van der Waals surface area contributed by atoms with Gasteiger partial charge in [-0.25, -0.2) is 4.98 Å². The zero-order valence-corrected chi connectivity index (χ0v) is 14.3. The van der Waals surface area contributed by atoms with Crippen molar-refractivity contribution in [2.24, 2.45) is 0 Å². The molecule has 1 unspecified atom stereocenters. The van der Waals surface area contributed by atoms with Crippen molar-refractivity contribution in [2.45, 2.75) is 13.0 Å². The van der Waals surface area contributed by atoms with Crippen LogP contribution in [0, 0.1) is 0 Å². The molecule has 1 aromatic carbocycles. The molecule has 24 heavy (non-hydrogen) atoms. The van der Waals surface area contributed by atoms with Gasteiger partial charge in [-0.2, -0.15) is 0 Å². The van der Waals surface area contributed by atoms with Crippen LogP contribution >= 0.6 is 11.6 Å². The van der Waals surface area contributed by atoms with Crippen LogP contribution in [0.2, 0.25) is 5.02 Å². The lowest BCUT2D eigenvalue weighted by Crippen LogP contribution is -2.53. The van der Waals surface area contributed by atoms with E-state index in [4.69, 9.17) is 11.6 Å². The quantitative estimate of drug-likeness (QED) is 0.921. The molecule has 1 atom stereocenters. The Kier molecular flexibility index (Phi) is 5.27. The average molecular weight is 346 g/mol. The molecule has 0 aliphatic carbocycles. The fraction of sp³-hybridized carbons (Fsp3) is 0.353. The van der Waals surface area contributed by atoms with Gasteiger partial charge in [-0.1, -0.05) is 17.7 Å². The third-order valence-electron chi connectivity index (χ3n) is 4.21. The van der Waals surface area contributed by atoms with E-state index in [1.54, 1.807) is 30.7 Å². The highest BCUT2D eigenvalue weighted by Crippen LogP contribution is 2.17. The molecule has 7 heteroatoms. The number of hydrogen-bond acceptors (Lipinski definition) is 5. The Balaban J connectivity index is 1.55. The Bertz CT molecular complexity index is 688. The van der Waals surface area contributed by atoms with E-state index in [1.807, 2.05) is 19.1 Å². The molecule has 1 aliphatic heterocycles. The lowest BCUT2D eigenvalue weighted by Gasteiger charge is -2.37. The summed E-state index contributed by atoms with van der Waals surface area (Å²) in [5.41, 5.74) is 0.720. The highest BCUT2D eigenvalue weighted by atomic mass is 35.5. The van der Waals surface area contributed by atoms with Crippen molar-refractivity contribution in [1.29, 1.82) is 0 Å². The third-order valence-corrected chi connectivity index (χ3v) is 4.44. The number of rotatable bonds is 4. The van der Waals surface area contributed by atoms with Gasteiger partial charge in [0.2, 0.25) is 5.91 Å². The SMILES string of the molecule is CC(C(=O)Nc1cccc(Cl)c1)N1CCN(c2cnccn2)CC1. The summed E-state index contributed by atoms with van der Waals surface area (Å²) in [6.07, 6.45) is 5.13. The van der Waals surface area contributed by atoms with Gasteiger partial charge in [-0.15, -0.1) is 0 Å². The van der Waals surface area contributed by atoms with E-state index >= 15 is 0 Å². The van der Waals surface area contributed by atoms with E-state index in [1.165, 1.54) is 0 Å². The second-order valence-corrected chi connectivity index (χ2v) is 6.20. The zero-order valence-electron chi connectivity index (χ0n) is 13.5. The molecule has 2 heterocycles. The fourth-order valence-corrected chi connectivity index (χ4v) is 2.96. The molecule has 3 rings (SSSR count). The van der Waals surface area contributed by atoms with Crippen molar-refractivity contribution in [3.63, 3.8) is 0 Å². The normalized spacial score (nSPS) is 16.7. The van der Waals surface area contributed by atoms with Gasteiger partial charge in [0.15, 0.2) is 0 Å². The third kappa shape index (κ3) is 4.01. The summed E-state index contributed by atoms with van der Waals surface area (Å²) in [5, 5.41) is 3.53. The molecule has 1 amide bonds. The van der Waals surface area contributed by atoms with E-state index in [9.17, 15) is 4.79 Å². The Labute approximate surface area is 146 Å². The van der Waals surface area contributed by atoms with Gasteiger partial charge in [0, 0.05) is 49.3 Å².